The zero-order valence-corrected chi connectivity index (χ0v) is 10.9. The molecule has 0 aromatic heterocycles. The van der Waals surface area contributed by atoms with E-state index in [1.54, 1.807) is 20.8 Å². The second-order valence-electron chi connectivity index (χ2n) is 4.83. The summed E-state index contributed by atoms with van der Waals surface area (Å²) in [4.78, 5) is 11.3. The first kappa shape index (κ1) is 15.4. The van der Waals surface area contributed by atoms with Gasteiger partial charge in [-0.15, -0.1) is 0 Å². The fourth-order valence-electron chi connectivity index (χ4n) is 1.51. The van der Waals surface area contributed by atoms with Gasteiger partial charge in [0, 0.05) is 0 Å². The van der Waals surface area contributed by atoms with Crippen LogP contribution in [0.15, 0.2) is 0 Å². The quantitative estimate of drug-likeness (QED) is 0.539. The smallest absolute Gasteiger partial charge is 0.308 e. The molecule has 4 heteroatoms. The SMILES string of the molecule is CCOC(=O)C[C@@H](CC(C)C)OC(C)(C)O. The molecule has 0 aliphatic rings. The molecule has 0 aromatic rings. The Morgan fingerprint density at radius 2 is 1.94 bits per heavy atom. The van der Waals surface area contributed by atoms with Crippen LogP contribution >= 0.6 is 0 Å². The molecule has 0 amide bonds. The second kappa shape index (κ2) is 6.86. The van der Waals surface area contributed by atoms with E-state index >= 15 is 0 Å². The molecule has 0 aliphatic heterocycles. The molecule has 0 saturated carbocycles. The van der Waals surface area contributed by atoms with Gasteiger partial charge in [-0.05, 0) is 33.1 Å². The van der Waals surface area contributed by atoms with E-state index < -0.39 is 5.79 Å². The fraction of sp³-hybridized carbons (Fsp3) is 0.917. The van der Waals surface area contributed by atoms with Gasteiger partial charge >= 0.3 is 5.97 Å². The average molecular weight is 232 g/mol. The maximum Gasteiger partial charge on any atom is 0.308 e. The molecule has 0 spiro atoms. The third-order valence-electron chi connectivity index (χ3n) is 1.89. The Bertz CT molecular complexity index is 206. The molecular weight excluding hydrogens is 208 g/mol. The Morgan fingerprint density at radius 1 is 1.38 bits per heavy atom. The van der Waals surface area contributed by atoms with E-state index in [9.17, 15) is 9.90 Å². The highest BCUT2D eigenvalue weighted by Crippen LogP contribution is 2.18. The summed E-state index contributed by atoms with van der Waals surface area (Å²) in [6.07, 6.45) is 0.623. The van der Waals surface area contributed by atoms with Crippen LogP contribution in [0.4, 0.5) is 0 Å². The van der Waals surface area contributed by atoms with Crippen LogP contribution in [0.1, 0.15) is 47.5 Å². The van der Waals surface area contributed by atoms with Crippen molar-refractivity contribution in [2.24, 2.45) is 5.92 Å². The van der Waals surface area contributed by atoms with Gasteiger partial charge in [0.25, 0.3) is 0 Å². The van der Waals surface area contributed by atoms with E-state index in [0.29, 0.717) is 12.5 Å². The third-order valence-corrected chi connectivity index (χ3v) is 1.89. The monoisotopic (exact) mass is 232 g/mol. The zero-order valence-electron chi connectivity index (χ0n) is 10.9. The van der Waals surface area contributed by atoms with Crippen molar-refractivity contribution in [1.82, 2.24) is 0 Å². The summed E-state index contributed by atoms with van der Waals surface area (Å²) in [7, 11) is 0. The highest BCUT2D eigenvalue weighted by atomic mass is 16.6. The van der Waals surface area contributed by atoms with Crippen LogP contribution in [0.3, 0.4) is 0 Å². The minimum atomic E-state index is -1.22. The number of hydrogen-bond donors (Lipinski definition) is 1. The summed E-state index contributed by atoms with van der Waals surface area (Å²) < 4.78 is 10.3. The lowest BCUT2D eigenvalue weighted by Crippen LogP contribution is -2.32. The molecular formula is C12H24O4. The van der Waals surface area contributed by atoms with E-state index in [2.05, 4.69) is 0 Å². The lowest BCUT2D eigenvalue weighted by Gasteiger charge is -2.26. The third kappa shape index (κ3) is 8.68. The van der Waals surface area contributed by atoms with Crippen molar-refractivity contribution in [3.8, 4) is 0 Å². The Balaban J connectivity index is 4.26. The lowest BCUT2D eigenvalue weighted by atomic mass is 10.0. The van der Waals surface area contributed by atoms with E-state index in [0.717, 1.165) is 6.42 Å². The average Bonchev–Trinajstić information content (AvgIpc) is 1.98. The molecule has 1 N–H and O–H groups in total. The van der Waals surface area contributed by atoms with E-state index in [-0.39, 0.29) is 18.5 Å². The Labute approximate surface area is 97.9 Å². The Kier molecular flexibility index (Phi) is 6.60. The van der Waals surface area contributed by atoms with Crippen LogP contribution in [-0.2, 0) is 14.3 Å². The number of rotatable bonds is 7. The van der Waals surface area contributed by atoms with Crippen LogP contribution in [0.2, 0.25) is 0 Å². The summed E-state index contributed by atoms with van der Waals surface area (Å²) in [5.74, 6) is -1.09. The highest BCUT2D eigenvalue weighted by Gasteiger charge is 2.24. The first-order valence-electron chi connectivity index (χ1n) is 5.80. The topological polar surface area (TPSA) is 55.8 Å². The van der Waals surface area contributed by atoms with Gasteiger partial charge in [-0.3, -0.25) is 4.79 Å². The molecule has 0 bridgehead atoms. The van der Waals surface area contributed by atoms with Gasteiger partial charge < -0.3 is 14.6 Å². The van der Waals surface area contributed by atoms with Gasteiger partial charge in [-0.25, -0.2) is 0 Å². The number of ether oxygens (including phenoxy) is 2. The van der Waals surface area contributed by atoms with Gasteiger partial charge in [-0.1, -0.05) is 13.8 Å². The predicted octanol–water partition coefficient (Wildman–Crippen LogP) is 2.10. The van der Waals surface area contributed by atoms with Gasteiger partial charge in [0.05, 0.1) is 19.1 Å². The highest BCUT2D eigenvalue weighted by molar-refractivity contribution is 5.69. The molecule has 0 aromatic carbocycles. The summed E-state index contributed by atoms with van der Waals surface area (Å²) in [6.45, 7) is 9.36. The molecule has 0 heterocycles. The summed E-state index contributed by atoms with van der Waals surface area (Å²) >= 11 is 0. The molecule has 0 radical (unpaired) electrons. The summed E-state index contributed by atoms with van der Waals surface area (Å²) in [5, 5.41) is 9.57. The molecule has 1 atom stereocenters. The van der Waals surface area contributed by atoms with Crippen molar-refractivity contribution in [1.29, 1.82) is 0 Å². The van der Waals surface area contributed by atoms with Crippen molar-refractivity contribution in [2.75, 3.05) is 6.61 Å². The Hall–Kier alpha value is -0.610. The maximum absolute atomic E-state index is 11.3. The molecule has 4 nitrogen and oxygen atoms in total. The van der Waals surface area contributed by atoms with Crippen molar-refractivity contribution in [3.05, 3.63) is 0 Å². The van der Waals surface area contributed by atoms with Crippen LogP contribution in [0.5, 0.6) is 0 Å². The van der Waals surface area contributed by atoms with Gasteiger partial charge in [-0.2, -0.15) is 0 Å². The van der Waals surface area contributed by atoms with Crippen LogP contribution in [0.25, 0.3) is 0 Å². The van der Waals surface area contributed by atoms with Crippen LogP contribution < -0.4 is 0 Å². The molecule has 0 aliphatic carbocycles. The van der Waals surface area contributed by atoms with Crippen molar-refractivity contribution < 1.29 is 19.4 Å². The van der Waals surface area contributed by atoms with Gasteiger partial charge in [0.1, 0.15) is 0 Å². The number of esters is 1. The first-order valence-corrected chi connectivity index (χ1v) is 5.80. The molecule has 96 valence electrons. The van der Waals surface area contributed by atoms with Crippen molar-refractivity contribution in [2.45, 2.75) is 59.4 Å². The number of hydrogen-bond acceptors (Lipinski definition) is 4. The van der Waals surface area contributed by atoms with E-state index in [4.69, 9.17) is 9.47 Å². The van der Waals surface area contributed by atoms with Crippen LogP contribution in [0, 0.1) is 5.92 Å². The summed E-state index contributed by atoms with van der Waals surface area (Å²) in [6, 6.07) is 0. The minimum absolute atomic E-state index is 0.190. The molecule has 0 fully saturated rings. The fourth-order valence-corrected chi connectivity index (χ4v) is 1.51. The number of aliphatic hydroxyl groups is 1. The van der Waals surface area contributed by atoms with Crippen molar-refractivity contribution >= 4 is 5.97 Å². The molecule has 0 rings (SSSR count). The van der Waals surface area contributed by atoms with Crippen LogP contribution in [-0.4, -0.2) is 29.6 Å². The molecule has 16 heavy (non-hydrogen) atoms. The van der Waals surface area contributed by atoms with E-state index in [1.807, 2.05) is 13.8 Å². The number of carbonyl (C=O) groups excluding carboxylic acids is 1. The second-order valence-corrected chi connectivity index (χ2v) is 4.83. The normalized spacial score (nSPS) is 13.9. The van der Waals surface area contributed by atoms with Crippen molar-refractivity contribution in [3.63, 3.8) is 0 Å². The number of carbonyl (C=O) groups is 1. The molecule has 0 unspecified atom stereocenters. The van der Waals surface area contributed by atoms with E-state index in [1.165, 1.54) is 0 Å². The largest absolute Gasteiger partial charge is 0.466 e. The Morgan fingerprint density at radius 3 is 2.31 bits per heavy atom. The first-order chi connectivity index (χ1) is 7.24. The molecule has 0 saturated heterocycles. The van der Waals surface area contributed by atoms with Gasteiger partial charge in [0.15, 0.2) is 5.79 Å². The maximum atomic E-state index is 11.3. The lowest BCUT2D eigenvalue weighted by molar-refractivity contribution is -0.211. The minimum Gasteiger partial charge on any atom is -0.466 e. The standard InChI is InChI=1S/C12H24O4/c1-6-15-11(13)8-10(7-9(2)3)16-12(4,5)14/h9-10,14H,6-8H2,1-5H3/t10-/m1/s1. The zero-order chi connectivity index (χ0) is 12.8. The summed E-state index contributed by atoms with van der Waals surface area (Å²) in [5.41, 5.74) is 0. The predicted molar refractivity (Wildman–Crippen MR) is 61.9 cm³/mol. The van der Waals surface area contributed by atoms with Gasteiger partial charge in [0.2, 0.25) is 0 Å².